The molecule has 0 aromatic carbocycles. The lowest BCUT2D eigenvalue weighted by atomic mass is 9.98. The van der Waals surface area contributed by atoms with Gasteiger partial charge in [0.15, 0.2) is 0 Å². The van der Waals surface area contributed by atoms with Crippen LogP contribution >= 0.6 is 0 Å². The van der Waals surface area contributed by atoms with Crippen molar-refractivity contribution in [3.8, 4) is 0 Å². The van der Waals surface area contributed by atoms with Crippen LogP contribution in [0, 0.1) is 11.8 Å². The molecule has 0 aromatic rings. The molecule has 0 saturated carbocycles. The lowest BCUT2D eigenvalue weighted by Crippen LogP contribution is -2.31. The van der Waals surface area contributed by atoms with Crippen LogP contribution < -0.4 is 0 Å². The molecule has 0 spiro atoms. The topological polar surface area (TPSA) is 20.3 Å². The largest absolute Gasteiger partial charge is 0.346 e. The molecular weight excluding hydrogens is 150 g/mol. The van der Waals surface area contributed by atoms with E-state index in [2.05, 4.69) is 13.8 Å². The minimum atomic E-state index is 0.176. The molecule has 12 heavy (non-hydrogen) atoms. The molecular formula is C10H21NO. The van der Waals surface area contributed by atoms with Crippen LogP contribution in [0.25, 0.3) is 0 Å². The van der Waals surface area contributed by atoms with Crippen LogP contribution in [-0.4, -0.2) is 24.4 Å². The van der Waals surface area contributed by atoms with Gasteiger partial charge in [-0.25, -0.2) is 0 Å². The van der Waals surface area contributed by atoms with Crippen LogP contribution in [0.5, 0.6) is 0 Å². The second kappa shape index (κ2) is 5.18. The van der Waals surface area contributed by atoms with Crippen LogP contribution in [0.1, 0.15) is 34.1 Å². The molecule has 0 unspecified atom stereocenters. The maximum absolute atomic E-state index is 11.5. The SMILES string of the molecule is CCN(C)C(=O)[C@@H](C)CC(C)C. The molecule has 1 atom stereocenters. The fourth-order valence-electron chi connectivity index (χ4n) is 1.34. The Morgan fingerprint density at radius 2 is 1.83 bits per heavy atom. The molecule has 0 saturated heterocycles. The molecule has 2 heteroatoms. The van der Waals surface area contributed by atoms with Gasteiger partial charge in [0.25, 0.3) is 0 Å². The summed E-state index contributed by atoms with van der Waals surface area (Å²) in [5.41, 5.74) is 0. The van der Waals surface area contributed by atoms with Crippen LogP contribution in [0.15, 0.2) is 0 Å². The van der Waals surface area contributed by atoms with Gasteiger partial charge < -0.3 is 4.90 Å². The van der Waals surface area contributed by atoms with Crippen molar-refractivity contribution in [2.24, 2.45) is 11.8 Å². The Kier molecular flexibility index (Phi) is 4.95. The Morgan fingerprint density at radius 1 is 1.33 bits per heavy atom. The van der Waals surface area contributed by atoms with Gasteiger partial charge in [-0.15, -0.1) is 0 Å². The minimum Gasteiger partial charge on any atom is -0.346 e. The number of carbonyl (C=O) groups is 1. The van der Waals surface area contributed by atoms with Crippen molar-refractivity contribution >= 4 is 5.91 Å². The fraction of sp³-hybridized carbons (Fsp3) is 0.900. The molecule has 0 aliphatic heterocycles. The van der Waals surface area contributed by atoms with Crippen molar-refractivity contribution in [2.75, 3.05) is 13.6 Å². The first-order valence-corrected chi connectivity index (χ1v) is 4.74. The number of amides is 1. The molecule has 0 N–H and O–H groups in total. The van der Waals surface area contributed by atoms with E-state index < -0.39 is 0 Å². The molecule has 0 aromatic heterocycles. The van der Waals surface area contributed by atoms with Crippen molar-refractivity contribution in [1.29, 1.82) is 0 Å². The first-order valence-electron chi connectivity index (χ1n) is 4.74. The highest BCUT2D eigenvalue weighted by atomic mass is 16.2. The summed E-state index contributed by atoms with van der Waals surface area (Å²) in [6.07, 6.45) is 0.989. The van der Waals surface area contributed by atoms with E-state index in [-0.39, 0.29) is 11.8 Å². The van der Waals surface area contributed by atoms with Gasteiger partial charge in [0.1, 0.15) is 0 Å². The Bertz CT molecular complexity index is 143. The van der Waals surface area contributed by atoms with E-state index >= 15 is 0 Å². The molecule has 0 aliphatic carbocycles. The third kappa shape index (κ3) is 3.74. The third-order valence-electron chi connectivity index (χ3n) is 2.10. The zero-order chi connectivity index (χ0) is 9.72. The molecule has 0 fully saturated rings. The average molecular weight is 171 g/mol. The lowest BCUT2D eigenvalue weighted by Gasteiger charge is -2.20. The van der Waals surface area contributed by atoms with E-state index in [0.29, 0.717) is 5.92 Å². The molecule has 2 nitrogen and oxygen atoms in total. The predicted octanol–water partition coefficient (Wildman–Crippen LogP) is 2.15. The standard InChI is InChI=1S/C10H21NO/c1-6-11(5)10(12)9(4)7-8(2)3/h8-9H,6-7H2,1-5H3/t9-/m0/s1. The monoisotopic (exact) mass is 171 g/mol. The second-order valence-corrected chi connectivity index (χ2v) is 3.88. The molecule has 72 valence electrons. The number of hydrogen-bond donors (Lipinski definition) is 0. The molecule has 0 heterocycles. The maximum Gasteiger partial charge on any atom is 0.225 e. The van der Waals surface area contributed by atoms with Crippen LogP contribution in [0.2, 0.25) is 0 Å². The summed E-state index contributed by atoms with van der Waals surface area (Å²) in [5, 5.41) is 0. The van der Waals surface area contributed by atoms with E-state index in [1.807, 2.05) is 20.9 Å². The van der Waals surface area contributed by atoms with Crippen molar-refractivity contribution in [2.45, 2.75) is 34.1 Å². The zero-order valence-corrected chi connectivity index (χ0v) is 8.92. The van der Waals surface area contributed by atoms with Gasteiger partial charge in [-0.3, -0.25) is 4.79 Å². The first kappa shape index (κ1) is 11.5. The van der Waals surface area contributed by atoms with Gasteiger partial charge in [0, 0.05) is 19.5 Å². The van der Waals surface area contributed by atoms with E-state index in [4.69, 9.17) is 0 Å². The number of nitrogens with zero attached hydrogens (tertiary/aromatic N) is 1. The van der Waals surface area contributed by atoms with Crippen LogP contribution in [-0.2, 0) is 4.79 Å². The first-order chi connectivity index (χ1) is 5.49. The van der Waals surface area contributed by atoms with E-state index in [9.17, 15) is 4.79 Å². The van der Waals surface area contributed by atoms with Gasteiger partial charge in [0.2, 0.25) is 5.91 Å². The molecule has 0 aliphatic rings. The van der Waals surface area contributed by atoms with Crippen LogP contribution in [0.4, 0.5) is 0 Å². The summed E-state index contributed by atoms with van der Waals surface area (Å²) < 4.78 is 0. The van der Waals surface area contributed by atoms with Gasteiger partial charge in [-0.1, -0.05) is 20.8 Å². The highest BCUT2D eigenvalue weighted by molar-refractivity contribution is 5.78. The molecule has 1 amide bonds. The summed E-state index contributed by atoms with van der Waals surface area (Å²) in [6.45, 7) is 9.11. The summed E-state index contributed by atoms with van der Waals surface area (Å²) in [6, 6.07) is 0. The summed E-state index contributed by atoms with van der Waals surface area (Å²) in [5.74, 6) is 1.05. The highest BCUT2D eigenvalue weighted by Crippen LogP contribution is 2.12. The Balaban J connectivity index is 3.92. The van der Waals surface area contributed by atoms with Gasteiger partial charge in [-0.05, 0) is 19.3 Å². The van der Waals surface area contributed by atoms with E-state index in [0.717, 1.165) is 13.0 Å². The number of hydrogen-bond acceptors (Lipinski definition) is 1. The maximum atomic E-state index is 11.5. The van der Waals surface area contributed by atoms with E-state index in [1.165, 1.54) is 0 Å². The summed E-state index contributed by atoms with van der Waals surface area (Å²) >= 11 is 0. The zero-order valence-electron chi connectivity index (χ0n) is 8.92. The van der Waals surface area contributed by atoms with E-state index in [1.54, 1.807) is 4.90 Å². The third-order valence-corrected chi connectivity index (χ3v) is 2.10. The summed E-state index contributed by atoms with van der Waals surface area (Å²) in [4.78, 5) is 13.3. The Hall–Kier alpha value is -0.530. The predicted molar refractivity (Wildman–Crippen MR) is 51.9 cm³/mol. The van der Waals surface area contributed by atoms with Crippen molar-refractivity contribution in [3.05, 3.63) is 0 Å². The summed E-state index contributed by atoms with van der Waals surface area (Å²) in [7, 11) is 1.86. The fourth-order valence-corrected chi connectivity index (χ4v) is 1.34. The van der Waals surface area contributed by atoms with Crippen LogP contribution in [0.3, 0.4) is 0 Å². The van der Waals surface area contributed by atoms with Crippen molar-refractivity contribution in [1.82, 2.24) is 4.90 Å². The lowest BCUT2D eigenvalue weighted by molar-refractivity contribution is -0.133. The Labute approximate surface area is 75.9 Å². The minimum absolute atomic E-state index is 0.176. The molecule has 0 radical (unpaired) electrons. The number of carbonyl (C=O) groups excluding carboxylic acids is 1. The average Bonchev–Trinajstić information content (AvgIpc) is 2.00. The van der Waals surface area contributed by atoms with Gasteiger partial charge in [0.05, 0.1) is 0 Å². The second-order valence-electron chi connectivity index (χ2n) is 3.88. The van der Waals surface area contributed by atoms with Crippen molar-refractivity contribution in [3.63, 3.8) is 0 Å². The van der Waals surface area contributed by atoms with Gasteiger partial charge >= 0.3 is 0 Å². The highest BCUT2D eigenvalue weighted by Gasteiger charge is 2.16. The Morgan fingerprint density at radius 3 is 2.17 bits per heavy atom. The molecule has 0 bridgehead atoms. The number of rotatable bonds is 4. The van der Waals surface area contributed by atoms with Crippen molar-refractivity contribution < 1.29 is 4.79 Å². The smallest absolute Gasteiger partial charge is 0.225 e. The normalized spacial score (nSPS) is 13.2. The quantitative estimate of drug-likeness (QED) is 0.634. The van der Waals surface area contributed by atoms with Gasteiger partial charge in [-0.2, -0.15) is 0 Å². The molecule has 0 rings (SSSR count).